The number of halogens is 2. The Morgan fingerprint density at radius 2 is 1.86 bits per heavy atom. The van der Waals surface area contributed by atoms with Crippen LogP contribution in [-0.2, 0) is 12.8 Å². The predicted octanol–water partition coefficient (Wildman–Crippen LogP) is 2.99. The number of hydrogen-bond acceptors (Lipinski definition) is 3. The highest BCUT2D eigenvalue weighted by atomic mass is 19.3. The predicted molar refractivity (Wildman–Crippen MR) is 70.5 cm³/mol. The number of nitrogens with zero attached hydrogens (tertiary/aromatic N) is 2. The maximum Gasteiger partial charge on any atom is 0.339 e. The van der Waals surface area contributed by atoms with Crippen molar-refractivity contribution in [2.45, 2.75) is 25.2 Å². The summed E-state index contributed by atoms with van der Waals surface area (Å²) >= 11 is 0. The molecule has 1 aliphatic carbocycles. The highest BCUT2D eigenvalue weighted by molar-refractivity contribution is 5.88. The van der Waals surface area contributed by atoms with Crippen LogP contribution in [0.2, 0.25) is 0 Å². The van der Waals surface area contributed by atoms with Gasteiger partial charge in [-0.2, -0.15) is 0 Å². The Morgan fingerprint density at radius 3 is 2.38 bits per heavy atom. The molecule has 2 aromatic rings. The van der Waals surface area contributed by atoms with E-state index in [2.05, 4.69) is 9.97 Å². The lowest BCUT2D eigenvalue weighted by Crippen LogP contribution is -2.12. The van der Waals surface area contributed by atoms with Crippen molar-refractivity contribution in [3.8, 4) is 0 Å². The van der Waals surface area contributed by atoms with E-state index in [1.54, 1.807) is 0 Å². The number of benzene rings is 1. The topological polar surface area (TPSA) is 63.1 Å². The van der Waals surface area contributed by atoms with Gasteiger partial charge in [-0.3, -0.25) is 0 Å². The van der Waals surface area contributed by atoms with Gasteiger partial charge < -0.3 is 5.11 Å². The van der Waals surface area contributed by atoms with Gasteiger partial charge in [-0.05, 0) is 24.0 Å². The van der Waals surface area contributed by atoms with Gasteiger partial charge in [-0.25, -0.2) is 23.5 Å². The summed E-state index contributed by atoms with van der Waals surface area (Å²) in [6.07, 6.45) is -0.576. The van der Waals surface area contributed by atoms with Gasteiger partial charge in [0.05, 0.1) is 0 Å². The van der Waals surface area contributed by atoms with Crippen LogP contribution in [0.1, 0.15) is 45.3 Å². The first-order valence-corrected chi connectivity index (χ1v) is 6.51. The van der Waals surface area contributed by atoms with Crippen LogP contribution in [0.4, 0.5) is 8.78 Å². The molecule has 1 heterocycles. The molecule has 0 fully saturated rings. The highest BCUT2D eigenvalue weighted by Crippen LogP contribution is 2.33. The van der Waals surface area contributed by atoms with E-state index in [4.69, 9.17) is 5.11 Å². The maximum absolute atomic E-state index is 13.0. The molecule has 0 aliphatic heterocycles. The molecule has 0 spiro atoms. The second-order valence-electron chi connectivity index (χ2n) is 5.01. The molecule has 0 amide bonds. The van der Waals surface area contributed by atoms with Crippen molar-refractivity contribution in [2.24, 2.45) is 0 Å². The highest BCUT2D eigenvalue weighted by Gasteiger charge is 2.28. The minimum atomic E-state index is -2.93. The summed E-state index contributed by atoms with van der Waals surface area (Å²) < 4.78 is 25.9. The largest absolute Gasteiger partial charge is 0.478 e. The number of carbonyl (C=O) groups is 1. The Hall–Kier alpha value is -2.37. The molecule has 0 saturated carbocycles. The quantitative estimate of drug-likeness (QED) is 0.944. The molecule has 21 heavy (non-hydrogen) atoms. The van der Waals surface area contributed by atoms with Gasteiger partial charge in [0.1, 0.15) is 17.1 Å². The zero-order valence-electron chi connectivity index (χ0n) is 11.0. The Bertz CT molecular complexity index is 679. The lowest BCUT2D eigenvalue weighted by atomic mass is 10.1. The summed E-state index contributed by atoms with van der Waals surface area (Å²) in [5.41, 5.74) is 1.08. The van der Waals surface area contributed by atoms with Crippen molar-refractivity contribution < 1.29 is 18.7 Å². The third-order valence-electron chi connectivity index (χ3n) is 3.69. The molecule has 0 saturated heterocycles. The van der Waals surface area contributed by atoms with E-state index in [9.17, 15) is 13.6 Å². The Labute approximate surface area is 119 Å². The molecule has 4 nitrogen and oxygen atoms in total. The number of carboxylic acid groups (broad SMARTS) is 1. The summed E-state index contributed by atoms with van der Waals surface area (Å²) in [7, 11) is 0. The van der Waals surface area contributed by atoms with Gasteiger partial charge in [0.2, 0.25) is 0 Å². The van der Waals surface area contributed by atoms with E-state index in [-0.39, 0.29) is 11.7 Å². The standard InChI is InChI=1S/C15H12F2N2O2/c16-13(17)12-11(15(20)21)7-18-14(19-12)10-5-8-3-1-2-4-9(8)6-10/h1-4,7,10,13H,5-6H2,(H,20,21). The second kappa shape index (κ2) is 5.20. The smallest absolute Gasteiger partial charge is 0.339 e. The third kappa shape index (κ3) is 2.49. The number of aromatic nitrogens is 2. The number of alkyl halides is 2. The van der Waals surface area contributed by atoms with Crippen molar-refractivity contribution >= 4 is 5.97 Å². The van der Waals surface area contributed by atoms with Gasteiger partial charge >= 0.3 is 5.97 Å². The van der Waals surface area contributed by atoms with Crippen molar-refractivity contribution in [2.75, 3.05) is 0 Å². The van der Waals surface area contributed by atoms with Crippen LogP contribution in [-0.4, -0.2) is 21.0 Å². The summed E-state index contributed by atoms with van der Waals surface area (Å²) in [5, 5.41) is 8.90. The van der Waals surface area contributed by atoms with E-state index in [1.165, 1.54) is 0 Å². The molecule has 0 radical (unpaired) electrons. The molecule has 3 rings (SSSR count). The minimum Gasteiger partial charge on any atom is -0.478 e. The van der Waals surface area contributed by atoms with Crippen LogP contribution in [0.25, 0.3) is 0 Å². The second-order valence-corrected chi connectivity index (χ2v) is 5.01. The first-order valence-electron chi connectivity index (χ1n) is 6.51. The fraction of sp³-hybridized carbons (Fsp3) is 0.267. The van der Waals surface area contributed by atoms with Crippen LogP contribution >= 0.6 is 0 Å². The van der Waals surface area contributed by atoms with Crippen LogP contribution in [0, 0.1) is 0 Å². The fourth-order valence-corrected chi connectivity index (χ4v) is 2.68. The lowest BCUT2D eigenvalue weighted by molar-refractivity contribution is 0.0681. The van der Waals surface area contributed by atoms with Crippen LogP contribution in [0.3, 0.4) is 0 Å². The molecule has 6 heteroatoms. The molecule has 0 atom stereocenters. The average Bonchev–Trinajstić information content (AvgIpc) is 2.90. The van der Waals surface area contributed by atoms with Crippen LogP contribution in [0.15, 0.2) is 30.5 Å². The molecule has 1 aromatic heterocycles. The molecular weight excluding hydrogens is 278 g/mol. The fourth-order valence-electron chi connectivity index (χ4n) is 2.68. The van der Waals surface area contributed by atoms with Crippen molar-refractivity contribution in [3.05, 3.63) is 58.7 Å². The Morgan fingerprint density at radius 1 is 1.24 bits per heavy atom. The number of hydrogen-bond donors (Lipinski definition) is 1. The lowest BCUT2D eigenvalue weighted by Gasteiger charge is -2.10. The Kier molecular flexibility index (Phi) is 3.37. The molecule has 0 bridgehead atoms. The van der Waals surface area contributed by atoms with Gasteiger partial charge in [0.15, 0.2) is 0 Å². The zero-order valence-corrected chi connectivity index (χ0v) is 11.0. The summed E-state index contributed by atoms with van der Waals surface area (Å²) in [4.78, 5) is 18.7. The molecule has 108 valence electrons. The van der Waals surface area contributed by atoms with E-state index in [0.29, 0.717) is 12.8 Å². The molecule has 0 unspecified atom stereocenters. The summed E-state index contributed by atoms with van der Waals surface area (Å²) in [6, 6.07) is 7.85. The van der Waals surface area contributed by atoms with Crippen LogP contribution < -0.4 is 0 Å². The number of fused-ring (bicyclic) bond motifs is 1. The van der Waals surface area contributed by atoms with Crippen LogP contribution in [0.5, 0.6) is 0 Å². The van der Waals surface area contributed by atoms with Gasteiger partial charge in [0, 0.05) is 12.1 Å². The first-order chi connectivity index (χ1) is 10.1. The van der Waals surface area contributed by atoms with Gasteiger partial charge in [-0.15, -0.1) is 0 Å². The molecule has 1 aromatic carbocycles. The van der Waals surface area contributed by atoms with Gasteiger partial charge in [0.25, 0.3) is 6.43 Å². The van der Waals surface area contributed by atoms with E-state index >= 15 is 0 Å². The number of rotatable bonds is 3. The number of carboxylic acids is 1. The van der Waals surface area contributed by atoms with Gasteiger partial charge in [-0.1, -0.05) is 24.3 Å². The van der Waals surface area contributed by atoms with Crippen molar-refractivity contribution in [3.63, 3.8) is 0 Å². The SMILES string of the molecule is O=C(O)c1cnc(C2Cc3ccccc3C2)nc1C(F)F. The maximum atomic E-state index is 13.0. The molecule has 1 N–H and O–H groups in total. The van der Waals surface area contributed by atoms with E-state index < -0.39 is 23.7 Å². The Balaban J connectivity index is 1.95. The van der Waals surface area contributed by atoms with E-state index in [0.717, 1.165) is 17.3 Å². The summed E-state index contributed by atoms with van der Waals surface area (Å²) in [5.74, 6) is -1.24. The average molecular weight is 290 g/mol. The number of aromatic carboxylic acids is 1. The van der Waals surface area contributed by atoms with Crippen molar-refractivity contribution in [1.82, 2.24) is 9.97 Å². The normalized spacial score (nSPS) is 14.4. The third-order valence-corrected chi connectivity index (χ3v) is 3.69. The summed E-state index contributed by atoms with van der Waals surface area (Å²) in [6.45, 7) is 0. The zero-order chi connectivity index (χ0) is 15.0. The van der Waals surface area contributed by atoms with E-state index in [1.807, 2.05) is 24.3 Å². The monoisotopic (exact) mass is 290 g/mol. The molecule has 1 aliphatic rings. The van der Waals surface area contributed by atoms with Crippen molar-refractivity contribution in [1.29, 1.82) is 0 Å². The molecular formula is C15H12F2N2O2. The first kappa shape index (κ1) is 13.6. The minimum absolute atomic E-state index is 0.0808.